The fraction of sp³-hybridized carbons (Fsp3) is 0.522. The maximum absolute atomic E-state index is 12.8. The lowest BCUT2D eigenvalue weighted by Gasteiger charge is -2.26. The van der Waals surface area contributed by atoms with E-state index in [9.17, 15) is 14.7 Å². The van der Waals surface area contributed by atoms with Crippen LogP contribution in [-0.4, -0.2) is 32.6 Å². The van der Waals surface area contributed by atoms with Gasteiger partial charge in [-0.3, -0.25) is 14.8 Å². The fourth-order valence-electron chi connectivity index (χ4n) is 4.56. The average Bonchev–Trinajstić information content (AvgIpc) is 2.75. The second kappa shape index (κ2) is 9.32. The second-order valence-electron chi connectivity index (χ2n) is 8.38. The van der Waals surface area contributed by atoms with Gasteiger partial charge in [-0.2, -0.15) is 0 Å². The number of rotatable bonds is 4. The molecule has 2 aromatic rings. The first-order valence-corrected chi connectivity index (χ1v) is 11.1. The minimum atomic E-state index is -0.665. The Kier molecular flexibility index (Phi) is 6.35. The van der Waals surface area contributed by atoms with Crippen molar-refractivity contribution in [3.63, 3.8) is 0 Å². The molecule has 1 heterocycles. The van der Waals surface area contributed by atoms with Crippen molar-refractivity contribution < 1.29 is 5.11 Å². The zero-order valence-electron chi connectivity index (χ0n) is 17.3. The Balaban J connectivity index is 1.80. The van der Waals surface area contributed by atoms with Crippen molar-refractivity contribution in [3.05, 3.63) is 56.7 Å². The van der Waals surface area contributed by atoms with Crippen molar-refractivity contribution in [1.29, 1.82) is 0 Å². The standard InChI is InChI=1S/C23H30N4O3/c28-21-19(22(29)27(23(30)26-21)18-14-8-3-9-15-18)20(24-16-10-4-1-5-11-16)25-17-12-6-2-7-13-17/h3,8-9,14-17,29H,1-2,4-7,10-13H2,(H,24,25)(H,26,28,30). The van der Waals surface area contributed by atoms with Crippen molar-refractivity contribution in [2.75, 3.05) is 0 Å². The maximum atomic E-state index is 12.8. The summed E-state index contributed by atoms with van der Waals surface area (Å²) in [4.78, 5) is 32.6. The number of nitrogens with one attached hydrogen (secondary N) is 2. The summed E-state index contributed by atoms with van der Waals surface area (Å²) in [6.45, 7) is 0. The van der Waals surface area contributed by atoms with Crippen LogP contribution in [0.5, 0.6) is 5.88 Å². The summed E-state index contributed by atoms with van der Waals surface area (Å²) in [5, 5.41) is 14.5. The first-order chi connectivity index (χ1) is 14.6. The Hall–Kier alpha value is -2.83. The molecule has 1 aromatic carbocycles. The number of aliphatic imine (C=N–C) groups is 1. The molecule has 0 radical (unpaired) electrons. The minimum absolute atomic E-state index is 0.0506. The number of H-pyrrole nitrogens is 1. The van der Waals surface area contributed by atoms with Gasteiger partial charge < -0.3 is 10.4 Å². The number of benzene rings is 1. The molecular weight excluding hydrogens is 380 g/mol. The molecule has 3 N–H and O–H groups in total. The first kappa shape index (κ1) is 20.4. The van der Waals surface area contributed by atoms with Gasteiger partial charge in [-0.15, -0.1) is 0 Å². The van der Waals surface area contributed by atoms with E-state index < -0.39 is 11.2 Å². The van der Waals surface area contributed by atoms with E-state index in [2.05, 4.69) is 10.3 Å². The number of para-hydroxylation sites is 1. The molecule has 2 aliphatic carbocycles. The Morgan fingerprint density at radius 3 is 2.27 bits per heavy atom. The molecule has 2 aliphatic rings. The van der Waals surface area contributed by atoms with Gasteiger partial charge in [0, 0.05) is 6.04 Å². The van der Waals surface area contributed by atoms with Gasteiger partial charge in [0.2, 0.25) is 5.88 Å². The van der Waals surface area contributed by atoms with E-state index in [1.807, 2.05) is 6.07 Å². The summed E-state index contributed by atoms with van der Waals surface area (Å²) in [5.41, 5.74) is -0.730. The molecular formula is C23H30N4O3. The Bertz CT molecular complexity index is 997. The van der Waals surface area contributed by atoms with E-state index in [0.29, 0.717) is 11.5 Å². The van der Waals surface area contributed by atoms with Gasteiger partial charge in [-0.25, -0.2) is 9.36 Å². The summed E-state index contributed by atoms with van der Waals surface area (Å²) >= 11 is 0. The lowest BCUT2D eigenvalue weighted by atomic mass is 9.94. The first-order valence-electron chi connectivity index (χ1n) is 11.1. The Labute approximate surface area is 175 Å². The number of aromatic hydroxyl groups is 1. The van der Waals surface area contributed by atoms with E-state index in [0.717, 1.165) is 55.9 Å². The lowest BCUT2D eigenvalue weighted by Crippen LogP contribution is -2.42. The van der Waals surface area contributed by atoms with Crippen molar-refractivity contribution in [2.24, 2.45) is 4.99 Å². The van der Waals surface area contributed by atoms with E-state index in [-0.39, 0.29) is 23.5 Å². The molecule has 7 heteroatoms. The molecule has 2 saturated carbocycles. The normalized spacial score (nSPS) is 19.0. The Morgan fingerprint density at radius 2 is 1.60 bits per heavy atom. The highest BCUT2D eigenvalue weighted by Crippen LogP contribution is 2.24. The van der Waals surface area contributed by atoms with Gasteiger partial charge in [0.15, 0.2) is 0 Å². The van der Waals surface area contributed by atoms with Gasteiger partial charge in [-0.1, -0.05) is 56.7 Å². The maximum Gasteiger partial charge on any atom is 0.335 e. The van der Waals surface area contributed by atoms with Crippen LogP contribution >= 0.6 is 0 Å². The SMILES string of the molecule is O=c1[nH]c(=O)n(-c2ccccc2)c(O)c1C(=NC1CCCCC1)NC1CCCCC1. The summed E-state index contributed by atoms with van der Waals surface area (Å²) in [6, 6.07) is 9.18. The predicted octanol–water partition coefficient (Wildman–Crippen LogP) is 3.23. The van der Waals surface area contributed by atoms with Gasteiger partial charge in [0.25, 0.3) is 5.56 Å². The molecule has 7 nitrogen and oxygen atoms in total. The molecule has 4 rings (SSSR count). The van der Waals surface area contributed by atoms with Crippen LogP contribution in [0.25, 0.3) is 5.69 Å². The van der Waals surface area contributed by atoms with Crippen LogP contribution in [0.4, 0.5) is 0 Å². The molecule has 0 saturated heterocycles. The van der Waals surface area contributed by atoms with Crippen molar-refractivity contribution >= 4 is 5.84 Å². The van der Waals surface area contributed by atoms with Crippen LogP contribution in [0.2, 0.25) is 0 Å². The van der Waals surface area contributed by atoms with Crippen LogP contribution in [0.15, 0.2) is 44.9 Å². The number of nitrogens with zero attached hydrogens (tertiary/aromatic N) is 2. The predicted molar refractivity (Wildman–Crippen MR) is 118 cm³/mol. The quantitative estimate of drug-likeness (QED) is 0.532. The van der Waals surface area contributed by atoms with Gasteiger partial charge in [0.05, 0.1) is 11.7 Å². The van der Waals surface area contributed by atoms with Gasteiger partial charge in [0.1, 0.15) is 11.4 Å². The summed E-state index contributed by atoms with van der Waals surface area (Å²) in [7, 11) is 0. The van der Waals surface area contributed by atoms with Crippen LogP contribution in [0.3, 0.4) is 0 Å². The zero-order valence-corrected chi connectivity index (χ0v) is 17.3. The molecule has 0 unspecified atom stereocenters. The highest BCUT2D eigenvalue weighted by atomic mass is 16.3. The minimum Gasteiger partial charge on any atom is -0.493 e. The second-order valence-corrected chi connectivity index (χ2v) is 8.38. The summed E-state index contributed by atoms with van der Waals surface area (Å²) in [5.74, 6) is 0.0463. The third-order valence-corrected chi connectivity index (χ3v) is 6.17. The van der Waals surface area contributed by atoms with E-state index in [4.69, 9.17) is 4.99 Å². The molecule has 0 aliphatic heterocycles. The third-order valence-electron chi connectivity index (χ3n) is 6.17. The zero-order chi connectivity index (χ0) is 20.9. The van der Waals surface area contributed by atoms with Crippen LogP contribution in [0, 0.1) is 0 Å². The molecule has 0 bridgehead atoms. The van der Waals surface area contributed by atoms with E-state index in [1.54, 1.807) is 24.3 Å². The Morgan fingerprint density at radius 1 is 0.967 bits per heavy atom. The summed E-state index contributed by atoms with van der Waals surface area (Å²) in [6.07, 6.45) is 10.9. The number of amidine groups is 1. The van der Waals surface area contributed by atoms with Crippen LogP contribution in [-0.2, 0) is 0 Å². The van der Waals surface area contributed by atoms with E-state index >= 15 is 0 Å². The van der Waals surface area contributed by atoms with Crippen molar-refractivity contribution in [1.82, 2.24) is 14.9 Å². The number of hydrogen-bond donors (Lipinski definition) is 3. The van der Waals surface area contributed by atoms with Gasteiger partial charge >= 0.3 is 5.69 Å². The highest BCUT2D eigenvalue weighted by Gasteiger charge is 2.25. The number of aromatic nitrogens is 2. The molecule has 0 spiro atoms. The molecule has 160 valence electrons. The lowest BCUT2D eigenvalue weighted by molar-refractivity contribution is 0.405. The largest absolute Gasteiger partial charge is 0.493 e. The molecule has 0 atom stereocenters. The van der Waals surface area contributed by atoms with Crippen LogP contribution < -0.4 is 16.6 Å². The fourth-order valence-corrected chi connectivity index (χ4v) is 4.56. The third kappa shape index (κ3) is 4.50. The smallest absolute Gasteiger partial charge is 0.335 e. The topological polar surface area (TPSA) is 99.5 Å². The molecule has 30 heavy (non-hydrogen) atoms. The van der Waals surface area contributed by atoms with Crippen molar-refractivity contribution in [3.8, 4) is 11.6 Å². The summed E-state index contributed by atoms with van der Waals surface area (Å²) < 4.78 is 1.13. The highest BCUT2D eigenvalue weighted by molar-refractivity contribution is 6.00. The van der Waals surface area contributed by atoms with E-state index in [1.165, 1.54) is 12.8 Å². The van der Waals surface area contributed by atoms with Gasteiger partial charge in [-0.05, 0) is 37.8 Å². The number of aromatic amines is 1. The average molecular weight is 411 g/mol. The monoisotopic (exact) mass is 410 g/mol. The molecule has 0 amide bonds. The number of hydrogen-bond acceptors (Lipinski definition) is 4. The molecule has 1 aromatic heterocycles. The molecule has 2 fully saturated rings. The van der Waals surface area contributed by atoms with Crippen molar-refractivity contribution in [2.45, 2.75) is 76.3 Å². The van der Waals surface area contributed by atoms with Crippen LogP contribution in [0.1, 0.15) is 69.8 Å².